The Morgan fingerprint density at radius 1 is 1.25 bits per heavy atom. The SMILES string of the molecule is CCOP(=O)(OCC)OC1=C[C@H]2C(=O)CCC[C@H]2[C@H]2CCC[C@]12O. The maximum absolute atomic E-state index is 12.8. The van der Waals surface area contributed by atoms with Crippen LogP contribution < -0.4 is 0 Å². The minimum Gasteiger partial charge on any atom is -0.406 e. The number of ketones is 1. The molecule has 3 rings (SSSR count). The fraction of sp³-hybridized carbons (Fsp3) is 0.824. The predicted octanol–water partition coefficient (Wildman–Crippen LogP) is 3.60. The topological polar surface area (TPSA) is 82.1 Å². The number of allylic oxidation sites excluding steroid dienone is 1. The molecule has 136 valence electrons. The molecule has 0 unspecified atom stereocenters. The van der Waals surface area contributed by atoms with E-state index in [1.165, 1.54) is 0 Å². The molecule has 0 aromatic carbocycles. The Morgan fingerprint density at radius 3 is 2.62 bits per heavy atom. The number of Topliss-reactive ketones (excluding diaryl/α,β-unsaturated/α-hetero) is 1. The number of hydrogen-bond acceptors (Lipinski definition) is 6. The molecule has 6 nitrogen and oxygen atoms in total. The Balaban J connectivity index is 1.94. The molecule has 0 aromatic rings. The molecule has 0 aromatic heterocycles. The summed E-state index contributed by atoms with van der Waals surface area (Å²) in [6.45, 7) is 3.77. The van der Waals surface area contributed by atoms with E-state index in [1.807, 2.05) is 0 Å². The summed E-state index contributed by atoms with van der Waals surface area (Å²) < 4.78 is 28.8. The van der Waals surface area contributed by atoms with Crippen molar-refractivity contribution in [1.82, 2.24) is 0 Å². The van der Waals surface area contributed by atoms with E-state index in [9.17, 15) is 14.5 Å². The number of rotatable bonds is 6. The molecule has 0 bridgehead atoms. The van der Waals surface area contributed by atoms with Gasteiger partial charge in [0.1, 0.15) is 17.1 Å². The maximum atomic E-state index is 12.8. The molecule has 2 saturated carbocycles. The summed E-state index contributed by atoms with van der Waals surface area (Å²) in [5, 5.41) is 11.3. The van der Waals surface area contributed by atoms with Crippen molar-refractivity contribution in [2.45, 2.75) is 58.0 Å². The van der Waals surface area contributed by atoms with Crippen LogP contribution in [0.1, 0.15) is 52.4 Å². The van der Waals surface area contributed by atoms with Gasteiger partial charge in [-0.05, 0) is 63.9 Å². The van der Waals surface area contributed by atoms with E-state index >= 15 is 0 Å². The second-order valence-electron chi connectivity index (χ2n) is 6.88. The minimum absolute atomic E-state index is 0.0246. The van der Waals surface area contributed by atoms with Gasteiger partial charge in [-0.1, -0.05) is 0 Å². The highest BCUT2D eigenvalue weighted by Crippen LogP contribution is 2.59. The van der Waals surface area contributed by atoms with Crippen LogP contribution in [0, 0.1) is 17.8 Å². The van der Waals surface area contributed by atoms with Gasteiger partial charge in [-0.25, -0.2) is 4.57 Å². The lowest BCUT2D eigenvalue weighted by Gasteiger charge is -2.45. The quantitative estimate of drug-likeness (QED) is 0.731. The third-order valence-corrected chi connectivity index (χ3v) is 7.11. The normalized spacial score (nSPS) is 36.0. The Bertz CT molecular complexity index is 563. The summed E-state index contributed by atoms with van der Waals surface area (Å²) in [7, 11) is -3.79. The molecule has 0 amide bonds. The number of phosphoric ester groups is 1. The molecule has 3 aliphatic carbocycles. The van der Waals surface area contributed by atoms with E-state index in [-0.39, 0.29) is 42.5 Å². The predicted molar refractivity (Wildman–Crippen MR) is 88.2 cm³/mol. The van der Waals surface area contributed by atoms with E-state index in [4.69, 9.17) is 13.6 Å². The van der Waals surface area contributed by atoms with Gasteiger partial charge >= 0.3 is 7.82 Å². The number of hydrogen-bond donors (Lipinski definition) is 1. The monoisotopic (exact) mass is 358 g/mol. The average Bonchev–Trinajstić information content (AvgIpc) is 2.92. The fourth-order valence-corrected chi connectivity index (χ4v) is 5.87. The molecule has 0 spiro atoms. The van der Waals surface area contributed by atoms with Crippen LogP contribution in [0.4, 0.5) is 0 Å². The Labute approximate surface area is 143 Å². The van der Waals surface area contributed by atoms with Gasteiger partial charge in [-0.3, -0.25) is 13.8 Å². The van der Waals surface area contributed by atoms with Crippen molar-refractivity contribution in [1.29, 1.82) is 0 Å². The number of aliphatic hydroxyl groups is 1. The maximum Gasteiger partial charge on any atom is 0.529 e. The van der Waals surface area contributed by atoms with Crippen molar-refractivity contribution >= 4 is 13.6 Å². The van der Waals surface area contributed by atoms with E-state index in [0.717, 1.165) is 25.7 Å². The summed E-state index contributed by atoms with van der Waals surface area (Å²) in [6, 6.07) is 0. The van der Waals surface area contributed by atoms with Crippen LogP contribution in [-0.2, 0) is 22.9 Å². The Morgan fingerprint density at radius 2 is 1.96 bits per heavy atom. The molecular weight excluding hydrogens is 331 g/mol. The third-order valence-electron chi connectivity index (χ3n) is 5.54. The van der Waals surface area contributed by atoms with Crippen LogP contribution >= 0.6 is 7.82 Å². The van der Waals surface area contributed by atoms with Crippen LogP contribution in [0.25, 0.3) is 0 Å². The van der Waals surface area contributed by atoms with Gasteiger partial charge in [-0.15, -0.1) is 0 Å². The lowest BCUT2D eigenvalue weighted by Crippen LogP contribution is -2.48. The van der Waals surface area contributed by atoms with E-state index in [1.54, 1.807) is 19.9 Å². The van der Waals surface area contributed by atoms with Gasteiger partial charge in [0, 0.05) is 12.3 Å². The molecule has 7 heteroatoms. The first-order valence-corrected chi connectivity index (χ1v) is 10.5. The van der Waals surface area contributed by atoms with Crippen molar-refractivity contribution in [3.63, 3.8) is 0 Å². The first-order valence-electron chi connectivity index (χ1n) is 8.99. The largest absolute Gasteiger partial charge is 0.529 e. The third kappa shape index (κ3) is 3.10. The zero-order chi connectivity index (χ0) is 17.4. The summed E-state index contributed by atoms with van der Waals surface area (Å²) in [5.41, 5.74) is -1.16. The van der Waals surface area contributed by atoms with Gasteiger partial charge in [0.2, 0.25) is 0 Å². The van der Waals surface area contributed by atoms with Crippen LogP contribution in [0.15, 0.2) is 11.8 Å². The van der Waals surface area contributed by atoms with Crippen molar-refractivity contribution in [2.75, 3.05) is 13.2 Å². The lowest BCUT2D eigenvalue weighted by atomic mass is 9.63. The van der Waals surface area contributed by atoms with Crippen molar-refractivity contribution in [3.05, 3.63) is 11.8 Å². The second kappa shape index (κ2) is 6.91. The molecule has 0 saturated heterocycles. The summed E-state index contributed by atoms with van der Waals surface area (Å²) in [5.74, 6) is 0.276. The smallest absolute Gasteiger partial charge is 0.406 e. The summed E-state index contributed by atoms with van der Waals surface area (Å²) in [4.78, 5) is 12.4. The number of carbonyl (C=O) groups is 1. The highest BCUT2D eigenvalue weighted by Gasteiger charge is 2.56. The standard InChI is InChI=1S/C17H27O6P/c1-3-21-24(20,22-4-2)23-16-11-13-12(7-5-9-15(13)18)14-8-6-10-17(14,16)19/h11-14,19H,3-10H2,1-2H3/t12-,13-,14-,17-/m1/s1. The van der Waals surface area contributed by atoms with Gasteiger partial charge < -0.3 is 9.63 Å². The molecule has 3 aliphatic rings. The van der Waals surface area contributed by atoms with E-state index in [0.29, 0.717) is 12.8 Å². The summed E-state index contributed by atoms with van der Waals surface area (Å²) >= 11 is 0. The second-order valence-corrected chi connectivity index (χ2v) is 8.47. The highest BCUT2D eigenvalue weighted by molar-refractivity contribution is 7.48. The van der Waals surface area contributed by atoms with Gasteiger partial charge in [0.05, 0.1) is 13.2 Å². The van der Waals surface area contributed by atoms with Gasteiger partial charge in [-0.2, -0.15) is 0 Å². The first kappa shape index (κ1) is 18.1. The van der Waals surface area contributed by atoms with Crippen LogP contribution in [0.2, 0.25) is 0 Å². The molecular formula is C17H27O6P. The summed E-state index contributed by atoms with van der Waals surface area (Å²) in [6.07, 6.45) is 6.36. The zero-order valence-electron chi connectivity index (χ0n) is 14.4. The highest BCUT2D eigenvalue weighted by atomic mass is 31.2. The van der Waals surface area contributed by atoms with Gasteiger partial charge in [0.25, 0.3) is 0 Å². The van der Waals surface area contributed by atoms with Crippen molar-refractivity contribution in [3.8, 4) is 0 Å². The molecule has 1 N–H and O–H groups in total. The molecule has 4 atom stereocenters. The van der Waals surface area contributed by atoms with Crippen LogP contribution in [0.3, 0.4) is 0 Å². The first-order chi connectivity index (χ1) is 11.4. The molecule has 0 aliphatic heterocycles. The van der Waals surface area contributed by atoms with E-state index in [2.05, 4.69) is 0 Å². The Hall–Kier alpha value is -0.680. The van der Waals surface area contributed by atoms with Crippen molar-refractivity contribution < 1.29 is 28.0 Å². The van der Waals surface area contributed by atoms with Gasteiger partial charge in [0.15, 0.2) is 0 Å². The number of carbonyl (C=O) groups excluding carboxylic acids is 1. The zero-order valence-corrected chi connectivity index (χ0v) is 15.3. The minimum atomic E-state index is -3.79. The molecule has 2 fully saturated rings. The Kier molecular flexibility index (Phi) is 5.22. The van der Waals surface area contributed by atoms with Crippen LogP contribution in [0.5, 0.6) is 0 Å². The number of fused-ring (bicyclic) bond motifs is 3. The lowest BCUT2D eigenvalue weighted by molar-refractivity contribution is -0.129. The average molecular weight is 358 g/mol. The molecule has 0 heterocycles. The van der Waals surface area contributed by atoms with Crippen molar-refractivity contribution in [2.24, 2.45) is 17.8 Å². The molecule has 0 radical (unpaired) electrons. The fourth-order valence-electron chi connectivity index (χ4n) is 4.60. The van der Waals surface area contributed by atoms with E-state index < -0.39 is 13.4 Å². The number of phosphoric acid groups is 1. The molecule has 24 heavy (non-hydrogen) atoms. The van der Waals surface area contributed by atoms with Crippen LogP contribution in [-0.4, -0.2) is 29.7 Å².